The molecular weight excluding hydrogens is 254 g/mol. The average molecular weight is 277 g/mol. The zero-order chi connectivity index (χ0) is 14.7. The smallest absolute Gasteiger partial charge is 0.254 e. The maximum atomic E-state index is 12.5. The second kappa shape index (κ2) is 6.22. The summed E-state index contributed by atoms with van der Waals surface area (Å²) >= 11 is 0. The molecule has 2 rings (SSSR count). The standard InChI is InChI=1S/C15H23N3O2/c1-4-16-14-8-11(7-13(17-14)10(2)3)15(20)18-6-5-12(19)9-18/h7-8,10,12,19H,4-6,9H2,1-3H3,(H,16,17). The minimum absolute atomic E-state index is 0.0231. The van der Waals surface area contributed by atoms with E-state index in [2.05, 4.69) is 24.1 Å². The number of aliphatic hydroxyl groups is 1. The molecule has 2 N–H and O–H groups in total. The van der Waals surface area contributed by atoms with Crippen LogP contribution in [-0.4, -0.2) is 46.6 Å². The maximum absolute atomic E-state index is 12.5. The van der Waals surface area contributed by atoms with Crippen LogP contribution in [0.25, 0.3) is 0 Å². The molecule has 1 saturated heterocycles. The molecule has 1 aromatic rings. The SMILES string of the molecule is CCNc1cc(C(=O)N2CCC(O)C2)cc(C(C)C)n1. The Morgan fingerprint density at radius 3 is 2.85 bits per heavy atom. The van der Waals surface area contributed by atoms with E-state index in [4.69, 9.17) is 0 Å². The zero-order valence-electron chi connectivity index (χ0n) is 12.4. The van der Waals surface area contributed by atoms with Crippen LogP contribution in [0.5, 0.6) is 0 Å². The zero-order valence-corrected chi connectivity index (χ0v) is 12.4. The quantitative estimate of drug-likeness (QED) is 0.881. The number of β-amino-alcohol motifs (C(OH)–C–C–N with tert-alkyl or cyclic N) is 1. The Bertz CT molecular complexity index is 488. The van der Waals surface area contributed by atoms with E-state index in [0.29, 0.717) is 25.1 Å². The first kappa shape index (κ1) is 14.8. The Morgan fingerprint density at radius 1 is 1.55 bits per heavy atom. The third-order valence-electron chi connectivity index (χ3n) is 3.49. The van der Waals surface area contributed by atoms with Crippen molar-refractivity contribution in [2.75, 3.05) is 25.0 Å². The molecule has 1 aliphatic rings. The fourth-order valence-electron chi connectivity index (χ4n) is 2.35. The highest BCUT2D eigenvalue weighted by molar-refractivity contribution is 5.95. The Kier molecular flexibility index (Phi) is 4.60. The molecule has 0 aliphatic carbocycles. The number of amides is 1. The van der Waals surface area contributed by atoms with Gasteiger partial charge in [0.25, 0.3) is 5.91 Å². The molecule has 0 spiro atoms. The van der Waals surface area contributed by atoms with Crippen molar-refractivity contribution < 1.29 is 9.90 Å². The summed E-state index contributed by atoms with van der Waals surface area (Å²) in [6, 6.07) is 3.65. The van der Waals surface area contributed by atoms with E-state index in [0.717, 1.165) is 18.1 Å². The Hall–Kier alpha value is -1.62. The third kappa shape index (κ3) is 3.28. The van der Waals surface area contributed by atoms with E-state index in [9.17, 15) is 9.90 Å². The molecule has 2 heterocycles. The lowest BCUT2D eigenvalue weighted by molar-refractivity contribution is 0.0765. The van der Waals surface area contributed by atoms with Gasteiger partial charge in [-0.1, -0.05) is 13.8 Å². The summed E-state index contributed by atoms with van der Waals surface area (Å²) in [5, 5.41) is 12.7. The van der Waals surface area contributed by atoms with Crippen molar-refractivity contribution in [2.45, 2.75) is 39.2 Å². The summed E-state index contributed by atoms with van der Waals surface area (Å²) in [6.45, 7) is 7.94. The number of carbonyl (C=O) groups excluding carboxylic acids is 1. The van der Waals surface area contributed by atoms with Crippen molar-refractivity contribution in [3.05, 3.63) is 23.4 Å². The summed E-state index contributed by atoms with van der Waals surface area (Å²) in [4.78, 5) is 18.7. The summed E-state index contributed by atoms with van der Waals surface area (Å²) in [6.07, 6.45) is 0.270. The van der Waals surface area contributed by atoms with Gasteiger partial charge in [0, 0.05) is 30.9 Å². The number of aromatic nitrogens is 1. The number of carbonyl (C=O) groups is 1. The fourth-order valence-corrected chi connectivity index (χ4v) is 2.35. The van der Waals surface area contributed by atoms with Gasteiger partial charge in [0.1, 0.15) is 5.82 Å². The van der Waals surface area contributed by atoms with Crippen LogP contribution in [0, 0.1) is 0 Å². The molecule has 1 amide bonds. The molecule has 0 aromatic carbocycles. The predicted molar refractivity (Wildman–Crippen MR) is 79.0 cm³/mol. The van der Waals surface area contributed by atoms with Crippen LogP contribution in [0.1, 0.15) is 49.2 Å². The fraction of sp³-hybridized carbons (Fsp3) is 0.600. The molecule has 1 atom stereocenters. The Balaban J connectivity index is 2.27. The van der Waals surface area contributed by atoms with Gasteiger partial charge in [0.2, 0.25) is 0 Å². The van der Waals surface area contributed by atoms with E-state index in [1.165, 1.54) is 0 Å². The van der Waals surface area contributed by atoms with Crippen molar-refractivity contribution in [1.82, 2.24) is 9.88 Å². The molecule has 5 heteroatoms. The van der Waals surface area contributed by atoms with Crippen LogP contribution < -0.4 is 5.32 Å². The molecule has 0 bridgehead atoms. The lowest BCUT2D eigenvalue weighted by Crippen LogP contribution is -2.29. The van der Waals surface area contributed by atoms with Crippen molar-refractivity contribution in [3.8, 4) is 0 Å². The molecule has 1 aromatic heterocycles. The average Bonchev–Trinajstić information content (AvgIpc) is 2.84. The van der Waals surface area contributed by atoms with Crippen LogP contribution in [0.4, 0.5) is 5.82 Å². The number of likely N-dealkylation sites (tertiary alicyclic amines) is 1. The lowest BCUT2D eigenvalue weighted by atomic mass is 10.1. The van der Waals surface area contributed by atoms with Gasteiger partial charge in [-0.25, -0.2) is 4.98 Å². The van der Waals surface area contributed by atoms with Crippen molar-refractivity contribution in [3.63, 3.8) is 0 Å². The molecule has 20 heavy (non-hydrogen) atoms. The molecule has 1 aliphatic heterocycles. The molecular formula is C15H23N3O2. The minimum atomic E-state index is -0.390. The third-order valence-corrected chi connectivity index (χ3v) is 3.49. The number of hydrogen-bond acceptors (Lipinski definition) is 4. The number of aliphatic hydroxyl groups excluding tert-OH is 1. The van der Waals surface area contributed by atoms with Crippen LogP contribution in [0.3, 0.4) is 0 Å². The first-order valence-electron chi connectivity index (χ1n) is 7.24. The monoisotopic (exact) mass is 277 g/mol. The number of nitrogens with one attached hydrogen (secondary N) is 1. The molecule has 0 saturated carbocycles. The van der Waals surface area contributed by atoms with Crippen LogP contribution in [0.15, 0.2) is 12.1 Å². The predicted octanol–water partition coefficient (Wildman–Crippen LogP) is 1.84. The number of anilines is 1. The van der Waals surface area contributed by atoms with Crippen molar-refractivity contribution in [2.24, 2.45) is 0 Å². The van der Waals surface area contributed by atoms with Gasteiger partial charge in [-0.2, -0.15) is 0 Å². The number of pyridine rings is 1. The maximum Gasteiger partial charge on any atom is 0.254 e. The van der Waals surface area contributed by atoms with Gasteiger partial charge in [-0.15, -0.1) is 0 Å². The van der Waals surface area contributed by atoms with E-state index in [1.54, 1.807) is 11.0 Å². The molecule has 5 nitrogen and oxygen atoms in total. The summed E-state index contributed by atoms with van der Waals surface area (Å²) in [7, 11) is 0. The second-order valence-electron chi connectivity index (χ2n) is 5.54. The molecule has 110 valence electrons. The minimum Gasteiger partial charge on any atom is -0.391 e. The normalized spacial score (nSPS) is 18.6. The molecule has 1 unspecified atom stereocenters. The first-order chi connectivity index (χ1) is 9.51. The lowest BCUT2D eigenvalue weighted by Gasteiger charge is -2.17. The van der Waals surface area contributed by atoms with Gasteiger partial charge in [0.05, 0.1) is 6.10 Å². The van der Waals surface area contributed by atoms with E-state index < -0.39 is 6.10 Å². The highest BCUT2D eigenvalue weighted by Gasteiger charge is 2.26. The second-order valence-corrected chi connectivity index (χ2v) is 5.54. The van der Waals surface area contributed by atoms with Gasteiger partial charge >= 0.3 is 0 Å². The van der Waals surface area contributed by atoms with E-state index in [-0.39, 0.29) is 11.8 Å². The number of nitrogens with zero attached hydrogens (tertiary/aromatic N) is 2. The summed E-state index contributed by atoms with van der Waals surface area (Å²) < 4.78 is 0. The Labute approximate surface area is 120 Å². The van der Waals surface area contributed by atoms with Crippen LogP contribution in [-0.2, 0) is 0 Å². The van der Waals surface area contributed by atoms with Crippen LogP contribution in [0.2, 0.25) is 0 Å². The highest BCUT2D eigenvalue weighted by Crippen LogP contribution is 2.20. The van der Waals surface area contributed by atoms with Crippen molar-refractivity contribution in [1.29, 1.82) is 0 Å². The highest BCUT2D eigenvalue weighted by atomic mass is 16.3. The van der Waals surface area contributed by atoms with Gasteiger partial charge in [-0.05, 0) is 31.4 Å². The molecule has 1 fully saturated rings. The van der Waals surface area contributed by atoms with Gasteiger partial charge < -0.3 is 15.3 Å². The largest absolute Gasteiger partial charge is 0.391 e. The molecule has 0 radical (unpaired) electrons. The Morgan fingerprint density at radius 2 is 2.30 bits per heavy atom. The number of hydrogen-bond donors (Lipinski definition) is 2. The van der Waals surface area contributed by atoms with E-state index in [1.807, 2.05) is 13.0 Å². The number of rotatable bonds is 4. The topological polar surface area (TPSA) is 65.5 Å². The first-order valence-corrected chi connectivity index (χ1v) is 7.24. The van der Waals surface area contributed by atoms with Gasteiger partial charge in [0.15, 0.2) is 0 Å². The van der Waals surface area contributed by atoms with Crippen LogP contribution >= 0.6 is 0 Å². The summed E-state index contributed by atoms with van der Waals surface area (Å²) in [5.41, 5.74) is 1.56. The van der Waals surface area contributed by atoms with E-state index >= 15 is 0 Å². The summed E-state index contributed by atoms with van der Waals surface area (Å²) in [5.74, 6) is 0.983. The van der Waals surface area contributed by atoms with Gasteiger partial charge in [-0.3, -0.25) is 4.79 Å². The van der Waals surface area contributed by atoms with Crippen molar-refractivity contribution >= 4 is 11.7 Å².